The van der Waals surface area contributed by atoms with E-state index in [-0.39, 0.29) is 18.0 Å². The number of carbonyl (C=O) groups is 1. The summed E-state index contributed by atoms with van der Waals surface area (Å²) in [4.78, 5) is 17.9. The minimum absolute atomic E-state index is 0.0534. The number of hydrogen-bond donors (Lipinski definition) is 0. The third-order valence-electron chi connectivity index (χ3n) is 4.69. The molecule has 0 radical (unpaired) electrons. The van der Waals surface area contributed by atoms with E-state index in [1.807, 2.05) is 0 Å². The van der Waals surface area contributed by atoms with Crippen molar-refractivity contribution in [3.05, 3.63) is 36.7 Å². The van der Waals surface area contributed by atoms with Gasteiger partial charge in [0.1, 0.15) is 12.3 Å². The van der Waals surface area contributed by atoms with Crippen molar-refractivity contribution in [2.45, 2.75) is 43.7 Å². The number of alkyl halides is 1. The summed E-state index contributed by atoms with van der Waals surface area (Å²) >= 11 is 0. The van der Waals surface area contributed by atoms with E-state index < -0.39 is 34.4 Å². The number of fused-ring (bicyclic) bond motifs is 1. The number of benzene rings is 1. The number of nitrogens with zero attached hydrogens (tertiary/aromatic N) is 3. The maximum atomic E-state index is 13.9. The molecule has 0 aliphatic carbocycles. The molecule has 2 aromatic rings. The number of halogens is 1. The number of amides is 1. The molecule has 1 aliphatic heterocycles. The molecule has 7 nitrogen and oxygen atoms in total. The Morgan fingerprint density at radius 3 is 2.69 bits per heavy atom. The summed E-state index contributed by atoms with van der Waals surface area (Å²) in [6.45, 7) is 4.74. The van der Waals surface area contributed by atoms with Crippen molar-refractivity contribution >= 4 is 26.9 Å². The molecule has 0 bridgehead atoms. The molecular weight excluding hydrogens is 397 g/mol. The van der Waals surface area contributed by atoms with Gasteiger partial charge in [0.15, 0.2) is 0 Å². The lowest BCUT2D eigenvalue weighted by Crippen LogP contribution is -2.47. The second kappa shape index (κ2) is 8.23. The molecule has 1 amide bonds. The first-order valence-corrected chi connectivity index (χ1v) is 11.0. The van der Waals surface area contributed by atoms with E-state index in [1.165, 1.54) is 15.3 Å². The molecule has 3 rings (SSSR count). The van der Waals surface area contributed by atoms with Crippen LogP contribution in [0.4, 0.5) is 9.18 Å². The number of sulfonamides is 1. The Hall–Kier alpha value is -2.26. The van der Waals surface area contributed by atoms with Crippen LogP contribution in [0.25, 0.3) is 10.8 Å². The Balaban J connectivity index is 1.87. The molecular formula is C20H26FN3O4S. The fourth-order valence-corrected chi connectivity index (χ4v) is 5.00. The number of rotatable bonds is 3. The first-order valence-electron chi connectivity index (χ1n) is 9.51. The Morgan fingerprint density at radius 2 is 2.00 bits per heavy atom. The zero-order valence-corrected chi connectivity index (χ0v) is 17.7. The second-order valence-electron chi connectivity index (χ2n) is 8.09. The summed E-state index contributed by atoms with van der Waals surface area (Å²) in [5, 5.41) is 1.56. The molecule has 29 heavy (non-hydrogen) atoms. The summed E-state index contributed by atoms with van der Waals surface area (Å²) in [6, 6.07) is 5.52. The van der Waals surface area contributed by atoms with Crippen LogP contribution in [0.15, 0.2) is 41.6 Å². The van der Waals surface area contributed by atoms with E-state index in [1.54, 1.807) is 51.4 Å². The second-order valence-corrected chi connectivity index (χ2v) is 9.98. The molecule has 1 aromatic heterocycles. The van der Waals surface area contributed by atoms with Crippen molar-refractivity contribution in [1.82, 2.24) is 14.2 Å². The minimum atomic E-state index is -3.93. The van der Waals surface area contributed by atoms with Crippen molar-refractivity contribution < 1.29 is 22.3 Å². The topological polar surface area (TPSA) is 79.8 Å². The Kier molecular flexibility index (Phi) is 6.09. The number of aromatic nitrogens is 1. The first-order chi connectivity index (χ1) is 13.6. The van der Waals surface area contributed by atoms with Crippen LogP contribution in [-0.2, 0) is 14.8 Å². The lowest BCUT2D eigenvalue weighted by Gasteiger charge is -2.30. The zero-order valence-electron chi connectivity index (χ0n) is 16.8. The molecule has 1 fully saturated rings. The summed E-state index contributed by atoms with van der Waals surface area (Å²) < 4.78 is 47.0. The predicted octanol–water partition coefficient (Wildman–Crippen LogP) is 3.20. The third kappa shape index (κ3) is 4.84. The molecule has 1 unspecified atom stereocenters. The quantitative estimate of drug-likeness (QED) is 0.757. The SMILES string of the molecule is CC(C)(C)OC(=O)N1CCCN(S(=O)(=O)c2ccc3cnccc3c2)C(CF)C1. The van der Waals surface area contributed by atoms with E-state index in [0.29, 0.717) is 13.0 Å². The van der Waals surface area contributed by atoms with Gasteiger partial charge in [-0.25, -0.2) is 17.6 Å². The minimum Gasteiger partial charge on any atom is -0.444 e. The van der Waals surface area contributed by atoms with E-state index in [9.17, 15) is 17.6 Å². The molecule has 1 saturated heterocycles. The Morgan fingerprint density at radius 1 is 1.24 bits per heavy atom. The summed E-state index contributed by atoms with van der Waals surface area (Å²) in [5.74, 6) is 0. The van der Waals surface area contributed by atoms with Gasteiger partial charge in [-0.15, -0.1) is 0 Å². The largest absolute Gasteiger partial charge is 0.444 e. The van der Waals surface area contributed by atoms with Gasteiger partial charge in [-0.2, -0.15) is 4.31 Å². The average molecular weight is 424 g/mol. The smallest absolute Gasteiger partial charge is 0.410 e. The lowest BCUT2D eigenvalue weighted by atomic mass is 10.2. The summed E-state index contributed by atoms with van der Waals surface area (Å²) in [5.41, 5.74) is -0.680. The zero-order chi connectivity index (χ0) is 21.2. The lowest BCUT2D eigenvalue weighted by molar-refractivity contribution is 0.0235. The normalized spacial score (nSPS) is 19.2. The Labute approximate surface area is 170 Å². The van der Waals surface area contributed by atoms with E-state index in [4.69, 9.17) is 4.74 Å². The van der Waals surface area contributed by atoms with Crippen LogP contribution >= 0.6 is 0 Å². The fourth-order valence-electron chi connectivity index (χ4n) is 3.33. The van der Waals surface area contributed by atoms with Crippen molar-refractivity contribution in [1.29, 1.82) is 0 Å². The van der Waals surface area contributed by atoms with Crippen LogP contribution < -0.4 is 0 Å². The van der Waals surface area contributed by atoms with Crippen LogP contribution in [0.3, 0.4) is 0 Å². The number of pyridine rings is 1. The van der Waals surface area contributed by atoms with Crippen molar-refractivity contribution in [2.24, 2.45) is 0 Å². The monoisotopic (exact) mass is 423 g/mol. The molecule has 0 spiro atoms. The van der Waals surface area contributed by atoms with Gasteiger partial charge in [-0.1, -0.05) is 6.07 Å². The molecule has 158 valence electrons. The molecule has 1 aliphatic rings. The molecule has 1 atom stereocenters. The van der Waals surface area contributed by atoms with Gasteiger partial charge in [-0.05, 0) is 50.8 Å². The molecule has 0 saturated carbocycles. The van der Waals surface area contributed by atoms with E-state index in [2.05, 4.69) is 4.98 Å². The molecule has 2 heterocycles. The molecule has 1 aromatic carbocycles. The standard InChI is InChI=1S/C20H26FN3O4S/c1-20(2,3)28-19(25)23-9-4-10-24(17(12-21)14-23)29(26,27)18-6-5-16-13-22-8-7-15(16)11-18/h5-8,11,13,17H,4,9-10,12,14H2,1-3H3. The number of hydrogen-bond acceptors (Lipinski definition) is 5. The van der Waals surface area contributed by atoms with Gasteiger partial charge in [0.25, 0.3) is 0 Å². The van der Waals surface area contributed by atoms with Gasteiger partial charge < -0.3 is 9.64 Å². The van der Waals surface area contributed by atoms with Crippen LogP contribution in [0.1, 0.15) is 27.2 Å². The summed E-state index contributed by atoms with van der Waals surface area (Å²) in [7, 11) is -3.93. The van der Waals surface area contributed by atoms with Crippen LogP contribution in [0, 0.1) is 0 Å². The van der Waals surface area contributed by atoms with Gasteiger partial charge in [-0.3, -0.25) is 4.98 Å². The third-order valence-corrected chi connectivity index (χ3v) is 6.64. The van der Waals surface area contributed by atoms with Crippen LogP contribution in [0.5, 0.6) is 0 Å². The predicted molar refractivity (Wildman–Crippen MR) is 108 cm³/mol. The average Bonchev–Trinajstić information content (AvgIpc) is 2.89. The van der Waals surface area contributed by atoms with Gasteiger partial charge in [0, 0.05) is 37.4 Å². The molecule has 0 N–H and O–H groups in total. The van der Waals surface area contributed by atoms with Crippen molar-refractivity contribution in [3.63, 3.8) is 0 Å². The van der Waals surface area contributed by atoms with Crippen LogP contribution in [0.2, 0.25) is 0 Å². The highest BCUT2D eigenvalue weighted by Crippen LogP contribution is 2.25. The number of carbonyl (C=O) groups excluding carboxylic acids is 1. The highest BCUT2D eigenvalue weighted by Gasteiger charge is 2.36. The fraction of sp³-hybridized carbons (Fsp3) is 0.500. The molecule has 9 heteroatoms. The van der Waals surface area contributed by atoms with Gasteiger partial charge >= 0.3 is 6.09 Å². The highest BCUT2D eigenvalue weighted by molar-refractivity contribution is 7.89. The van der Waals surface area contributed by atoms with Crippen molar-refractivity contribution in [2.75, 3.05) is 26.3 Å². The maximum absolute atomic E-state index is 13.9. The van der Waals surface area contributed by atoms with E-state index in [0.717, 1.165) is 10.8 Å². The van der Waals surface area contributed by atoms with Crippen molar-refractivity contribution in [3.8, 4) is 0 Å². The van der Waals surface area contributed by atoms with Gasteiger partial charge in [0.05, 0.1) is 10.9 Å². The Bertz CT molecular complexity index is 991. The number of ether oxygens (including phenoxy) is 1. The van der Waals surface area contributed by atoms with Gasteiger partial charge in [0.2, 0.25) is 10.0 Å². The van der Waals surface area contributed by atoms with Crippen LogP contribution in [-0.4, -0.2) is 66.7 Å². The van der Waals surface area contributed by atoms with E-state index >= 15 is 0 Å². The maximum Gasteiger partial charge on any atom is 0.410 e. The first kappa shape index (κ1) is 21.4. The highest BCUT2D eigenvalue weighted by atomic mass is 32.2. The summed E-state index contributed by atoms with van der Waals surface area (Å²) in [6.07, 6.45) is 3.08.